The Labute approximate surface area is 194 Å². The molecule has 2 aromatic carbocycles. The van der Waals surface area contributed by atoms with E-state index < -0.39 is 10.0 Å². The molecule has 0 aliphatic carbocycles. The van der Waals surface area contributed by atoms with Crippen molar-refractivity contribution in [2.45, 2.75) is 4.90 Å². The Bertz CT molecular complexity index is 1580. The molecule has 0 aliphatic rings. The summed E-state index contributed by atoms with van der Waals surface area (Å²) in [5, 5.41) is 18.0. The number of sulfonamides is 1. The van der Waals surface area contributed by atoms with E-state index in [1.807, 2.05) is 30.5 Å². The van der Waals surface area contributed by atoms with Crippen molar-refractivity contribution in [3.63, 3.8) is 0 Å². The average molecular weight is 478 g/mol. The van der Waals surface area contributed by atoms with Crippen LogP contribution in [0.15, 0.2) is 76.5 Å². The molecular formula is C22H19N7O4S. The van der Waals surface area contributed by atoms with Gasteiger partial charge in [0.25, 0.3) is 5.89 Å². The van der Waals surface area contributed by atoms with Crippen molar-refractivity contribution < 1.29 is 17.7 Å². The third-order valence-corrected chi connectivity index (χ3v) is 6.12. The maximum absolute atomic E-state index is 11.7. The van der Waals surface area contributed by atoms with E-state index >= 15 is 0 Å². The first-order valence-corrected chi connectivity index (χ1v) is 11.6. The summed E-state index contributed by atoms with van der Waals surface area (Å²) in [5.41, 5.74) is 3.46. The largest absolute Gasteiger partial charge is 0.497 e. The Kier molecular flexibility index (Phi) is 5.23. The Balaban J connectivity index is 1.50. The van der Waals surface area contributed by atoms with Crippen molar-refractivity contribution in [1.29, 1.82) is 0 Å². The number of nitrogens with zero attached hydrogens (tertiary/aromatic N) is 6. The van der Waals surface area contributed by atoms with Gasteiger partial charge in [0.05, 0.1) is 41.3 Å². The quantitative estimate of drug-likeness (QED) is 0.393. The Morgan fingerprint density at radius 2 is 1.82 bits per heavy atom. The molecule has 0 amide bonds. The molecule has 172 valence electrons. The first-order chi connectivity index (χ1) is 16.3. The smallest absolute Gasteiger partial charge is 0.262 e. The molecule has 0 saturated heterocycles. The van der Waals surface area contributed by atoms with Gasteiger partial charge in [0.15, 0.2) is 0 Å². The van der Waals surface area contributed by atoms with Crippen LogP contribution >= 0.6 is 0 Å². The molecular weight excluding hydrogens is 458 g/mol. The fourth-order valence-electron chi connectivity index (χ4n) is 3.52. The summed E-state index contributed by atoms with van der Waals surface area (Å²) in [6, 6.07) is 13.6. The highest BCUT2D eigenvalue weighted by atomic mass is 32.2. The fourth-order valence-corrected chi connectivity index (χ4v) is 4.08. The lowest BCUT2D eigenvalue weighted by Crippen LogP contribution is -2.11. The highest BCUT2D eigenvalue weighted by molar-refractivity contribution is 7.89. The average Bonchev–Trinajstić information content (AvgIpc) is 3.58. The number of hydrogen-bond acceptors (Lipinski definition) is 8. The van der Waals surface area contributed by atoms with Crippen molar-refractivity contribution >= 4 is 10.0 Å². The number of aromatic nitrogens is 6. The third kappa shape index (κ3) is 3.95. The van der Waals surface area contributed by atoms with Gasteiger partial charge in [-0.05, 0) is 36.4 Å². The second kappa shape index (κ2) is 8.24. The first kappa shape index (κ1) is 21.6. The Morgan fingerprint density at radius 3 is 2.56 bits per heavy atom. The number of nitrogens with two attached hydrogens (primary N) is 1. The van der Waals surface area contributed by atoms with E-state index in [2.05, 4.69) is 20.3 Å². The molecule has 0 atom stereocenters. The molecule has 5 aromatic rings. The standard InChI is InChI=1S/C22H19N7O4S/c1-28-20(15-11-25-29(13-15)16-6-8-17(32-2)9-7-16)19(12-24-28)22-26-21(27-33-22)14-4-3-5-18(10-14)34(23,30)31/h3-13H,1-2H3,(H2,23,30,31). The molecule has 0 saturated carbocycles. The number of methoxy groups -OCH3 is 1. The van der Waals surface area contributed by atoms with Crippen molar-refractivity contribution in [2.75, 3.05) is 7.11 Å². The van der Waals surface area contributed by atoms with Gasteiger partial charge in [0, 0.05) is 24.4 Å². The summed E-state index contributed by atoms with van der Waals surface area (Å²) < 4.78 is 37.5. The summed E-state index contributed by atoms with van der Waals surface area (Å²) in [4.78, 5) is 4.41. The molecule has 0 aliphatic heterocycles. The lowest BCUT2D eigenvalue weighted by Gasteiger charge is -2.03. The predicted octanol–water partition coefficient (Wildman–Crippen LogP) is 2.65. The first-order valence-electron chi connectivity index (χ1n) is 10.0. The number of aryl methyl sites for hydroxylation is 1. The predicted molar refractivity (Wildman–Crippen MR) is 122 cm³/mol. The van der Waals surface area contributed by atoms with Gasteiger partial charge < -0.3 is 9.26 Å². The zero-order chi connectivity index (χ0) is 23.9. The van der Waals surface area contributed by atoms with Crippen LogP contribution in [-0.4, -0.2) is 45.2 Å². The van der Waals surface area contributed by atoms with Crippen molar-refractivity contribution in [1.82, 2.24) is 29.7 Å². The minimum atomic E-state index is -3.86. The molecule has 12 heteroatoms. The van der Waals surface area contributed by atoms with Crippen LogP contribution in [0.25, 0.3) is 39.8 Å². The highest BCUT2D eigenvalue weighted by Gasteiger charge is 2.21. The number of primary sulfonamides is 1. The van der Waals surface area contributed by atoms with Gasteiger partial charge in [-0.2, -0.15) is 15.2 Å². The lowest BCUT2D eigenvalue weighted by atomic mass is 10.1. The minimum absolute atomic E-state index is 0.0376. The van der Waals surface area contributed by atoms with Crippen LogP contribution in [-0.2, 0) is 17.1 Å². The van der Waals surface area contributed by atoms with E-state index in [0.717, 1.165) is 22.7 Å². The second-order valence-corrected chi connectivity index (χ2v) is 8.96. The Hall–Kier alpha value is -4.29. The van der Waals surface area contributed by atoms with Gasteiger partial charge in [-0.3, -0.25) is 4.68 Å². The molecule has 0 spiro atoms. The Morgan fingerprint density at radius 1 is 1.03 bits per heavy atom. The molecule has 11 nitrogen and oxygen atoms in total. The maximum Gasteiger partial charge on any atom is 0.262 e. The van der Waals surface area contributed by atoms with E-state index in [0.29, 0.717) is 11.1 Å². The topological polar surface area (TPSA) is 144 Å². The monoisotopic (exact) mass is 477 g/mol. The van der Waals surface area contributed by atoms with Crippen molar-refractivity contribution in [3.8, 4) is 45.5 Å². The van der Waals surface area contributed by atoms with Crippen LogP contribution in [0, 0.1) is 0 Å². The normalized spacial score (nSPS) is 11.6. The van der Waals surface area contributed by atoms with E-state index in [4.69, 9.17) is 14.4 Å². The van der Waals surface area contributed by atoms with Gasteiger partial charge in [-0.1, -0.05) is 17.3 Å². The van der Waals surface area contributed by atoms with Gasteiger partial charge in [0.1, 0.15) is 5.75 Å². The number of benzene rings is 2. The SMILES string of the molecule is COc1ccc(-n2cc(-c3c(-c4nc(-c5cccc(S(N)(=O)=O)c5)no4)cnn3C)cn2)cc1. The second-order valence-electron chi connectivity index (χ2n) is 7.40. The molecule has 2 N–H and O–H groups in total. The maximum atomic E-state index is 11.7. The molecule has 0 unspecified atom stereocenters. The summed E-state index contributed by atoms with van der Waals surface area (Å²) in [6.45, 7) is 0. The van der Waals surface area contributed by atoms with Crippen molar-refractivity contribution in [2.24, 2.45) is 12.2 Å². The molecule has 3 aromatic heterocycles. The van der Waals surface area contributed by atoms with Gasteiger partial charge in [0.2, 0.25) is 15.8 Å². The van der Waals surface area contributed by atoms with Crippen LogP contribution in [0.2, 0.25) is 0 Å². The number of ether oxygens (including phenoxy) is 1. The minimum Gasteiger partial charge on any atom is -0.497 e. The van der Waals surface area contributed by atoms with Crippen LogP contribution < -0.4 is 9.88 Å². The zero-order valence-corrected chi connectivity index (χ0v) is 19.0. The van der Waals surface area contributed by atoms with Gasteiger partial charge >= 0.3 is 0 Å². The molecule has 34 heavy (non-hydrogen) atoms. The summed E-state index contributed by atoms with van der Waals surface area (Å²) >= 11 is 0. The molecule has 0 bridgehead atoms. The molecule has 3 heterocycles. The highest BCUT2D eigenvalue weighted by Crippen LogP contribution is 2.32. The summed E-state index contributed by atoms with van der Waals surface area (Å²) in [7, 11) is -0.441. The van der Waals surface area contributed by atoms with E-state index in [9.17, 15) is 8.42 Å². The summed E-state index contributed by atoms with van der Waals surface area (Å²) in [5.74, 6) is 1.22. The van der Waals surface area contributed by atoms with E-state index in [1.165, 1.54) is 12.1 Å². The van der Waals surface area contributed by atoms with Gasteiger partial charge in [-0.15, -0.1) is 0 Å². The number of rotatable bonds is 6. The van der Waals surface area contributed by atoms with Crippen LogP contribution in [0.4, 0.5) is 0 Å². The van der Waals surface area contributed by atoms with E-state index in [-0.39, 0.29) is 16.6 Å². The lowest BCUT2D eigenvalue weighted by molar-refractivity contribution is 0.414. The van der Waals surface area contributed by atoms with E-state index in [1.54, 1.807) is 48.0 Å². The fraction of sp³-hybridized carbons (Fsp3) is 0.0909. The molecule has 0 radical (unpaired) electrons. The summed E-state index contributed by atoms with van der Waals surface area (Å²) in [6.07, 6.45) is 5.21. The number of hydrogen-bond donors (Lipinski definition) is 1. The molecule has 5 rings (SSSR count). The van der Waals surface area contributed by atoms with Crippen LogP contribution in [0.5, 0.6) is 5.75 Å². The van der Waals surface area contributed by atoms with Crippen LogP contribution in [0.3, 0.4) is 0 Å². The van der Waals surface area contributed by atoms with Crippen LogP contribution in [0.1, 0.15) is 0 Å². The van der Waals surface area contributed by atoms with Gasteiger partial charge in [-0.25, -0.2) is 18.2 Å². The molecule has 0 fully saturated rings. The third-order valence-electron chi connectivity index (χ3n) is 5.21. The van der Waals surface area contributed by atoms with Crippen molar-refractivity contribution in [3.05, 3.63) is 67.1 Å². The zero-order valence-electron chi connectivity index (χ0n) is 18.2.